The average molecular weight is 1430 g/mol. The van der Waals surface area contributed by atoms with Crippen LogP contribution in [0.25, 0.3) is 0 Å². The van der Waals surface area contributed by atoms with Crippen molar-refractivity contribution in [3.05, 3.63) is 0 Å². The summed E-state index contributed by atoms with van der Waals surface area (Å²) < 4.78 is 0. The summed E-state index contributed by atoms with van der Waals surface area (Å²) >= 11 is 0. The lowest BCUT2D eigenvalue weighted by Gasteiger charge is -2.33. The summed E-state index contributed by atoms with van der Waals surface area (Å²) in [6.07, 6.45) is -2.73. The molecule has 24 N–H and O–H groups in total. The van der Waals surface area contributed by atoms with Crippen LogP contribution in [-0.4, -0.2) is 259 Å². The van der Waals surface area contributed by atoms with Gasteiger partial charge in [-0.2, -0.15) is 0 Å². The van der Waals surface area contributed by atoms with E-state index in [1.54, 1.807) is 20.8 Å². The number of amides is 13. The number of hydrogen-bond donors (Lipinski definition) is 20. The van der Waals surface area contributed by atoms with Crippen LogP contribution in [0.1, 0.15) is 150 Å². The van der Waals surface area contributed by atoms with Gasteiger partial charge in [-0.25, -0.2) is 4.79 Å². The van der Waals surface area contributed by atoms with Gasteiger partial charge in [0, 0.05) is 32.4 Å². The normalized spacial score (nSPS) is 17.8. The number of rotatable bonds is 47. The van der Waals surface area contributed by atoms with Crippen molar-refractivity contribution < 1.29 is 112 Å². The molecule has 0 aromatic rings. The van der Waals surface area contributed by atoms with Crippen molar-refractivity contribution >= 4 is 101 Å². The molecule has 2 aliphatic heterocycles. The maximum Gasteiger partial charge on any atom is 0.326 e. The van der Waals surface area contributed by atoms with E-state index in [1.807, 2.05) is 5.32 Å². The SMILES string of the molecule is CC[C@H](C)[C@H](NC(=O)[C@H](CC(=O)O)NC(=O)[C@H](CCC(=O)O)NC(=O)[C@H](CO)NC(=O)[C@@H](N)CO)C(=O)N[C@@H](CCCCN)C(=O)N[C@@H](CCC(=O)O)C(=O)N1CCC[C@H]1C(=O)N[C@H](C(=O)N1CCC[C@H]1C(=O)N[C@@H](CCC(N)=O)C(=O)N[C@@H](C)C(=O)N[C@@H](CCCCN)C(=O)O)C(C)C. The molecule has 0 saturated carbocycles. The van der Waals surface area contributed by atoms with Crippen LogP contribution in [0.15, 0.2) is 0 Å². The van der Waals surface area contributed by atoms with E-state index in [0.29, 0.717) is 19.4 Å². The second kappa shape index (κ2) is 44.0. The molecule has 0 aliphatic carbocycles. The average Bonchev–Trinajstić information content (AvgIpc) is 1.60. The van der Waals surface area contributed by atoms with Crippen molar-refractivity contribution in [3.8, 4) is 0 Å². The Balaban J connectivity index is 2.43. The van der Waals surface area contributed by atoms with E-state index in [0.717, 1.165) is 4.90 Å². The third-order valence-corrected chi connectivity index (χ3v) is 16.8. The van der Waals surface area contributed by atoms with Gasteiger partial charge >= 0.3 is 23.9 Å². The summed E-state index contributed by atoms with van der Waals surface area (Å²) in [5, 5.41) is 81.4. The van der Waals surface area contributed by atoms with Gasteiger partial charge in [-0.15, -0.1) is 0 Å². The van der Waals surface area contributed by atoms with Crippen molar-refractivity contribution in [1.82, 2.24) is 63.0 Å². The molecule has 0 bridgehead atoms. The van der Waals surface area contributed by atoms with Gasteiger partial charge in [0.1, 0.15) is 78.5 Å². The maximum atomic E-state index is 14.7. The molecule has 2 aliphatic rings. The number of carboxylic acids is 4. The fourth-order valence-electron chi connectivity index (χ4n) is 10.8. The highest BCUT2D eigenvalue weighted by molar-refractivity contribution is 6.01. The lowest BCUT2D eigenvalue weighted by molar-refractivity contribution is -0.145. The van der Waals surface area contributed by atoms with Gasteiger partial charge in [-0.05, 0) is 115 Å². The highest BCUT2D eigenvalue weighted by Crippen LogP contribution is 2.24. The van der Waals surface area contributed by atoms with Gasteiger partial charge < -0.3 is 117 Å². The number of carboxylic acid groups (broad SMARTS) is 4. The number of carbonyl (C=O) groups excluding carboxylic acids is 13. The number of carbonyl (C=O) groups is 17. The van der Waals surface area contributed by atoms with Crippen molar-refractivity contribution in [1.29, 1.82) is 0 Å². The Morgan fingerprint density at radius 3 is 1.36 bits per heavy atom. The predicted octanol–water partition coefficient (Wildman–Crippen LogP) is -7.34. The molecule has 2 heterocycles. The zero-order valence-corrected chi connectivity index (χ0v) is 57.0. The zero-order chi connectivity index (χ0) is 75.7. The van der Waals surface area contributed by atoms with Crippen LogP contribution in [0.3, 0.4) is 0 Å². The van der Waals surface area contributed by atoms with Crippen molar-refractivity contribution in [2.24, 2.45) is 34.8 Å². The Bertz CT molecular complexity index is 2890. The molecule has 564 valence electrons. The molecule has 0 spiro atoms. The van der Waals surface area contributed by atoms with E-state index in [-0.39, 0.29) is 83.8 Å². The second-order valence-electron chi connectivity index (χ2n) is 25.0. The quantitative estimate of drug-likeness (QED) is 0.0252. The van der Waals surface area contributed by atoms with Gasteiger partial charge in [0.2, 0.25) is 76.8 Å². The Morgan fingerprint density at radius 2 is 0.870 bits per heavy atom. The molecule has 0 radical (unpaired) electrons. The van der Waals surface area contributed by atoms with Gasteiger partial charge in [0.25, 0.3) is 0 Å². The lowest BCUT2D eigenvalue weighted by Crippen LogP contribution is -2.62. The molecule has 39 nitrogen and oxygen atoms in total. The number of aliphatic carboxylic acids is 4. The van der Waals surface area contributed by atoms with Crippen molar-refractivity contribution in [2.75, 3.05) is 39.4 Å². The van der Waals surface area contributed by atoms with Crippen molar-refractivity contribution in [2.45, 2.75) is 229 Å². The Morgan fingerprint density at radius 1 is 0.440 bits per heavy atom. The van der Waals surface area contributed by atoms with Crippen molar-refractivity contribution in [3.63, 3.8) is 0 Å². The summed E-state index contributed by atoms with van der Waals surface area (Å²) in [5.41, 5.74) is 22.1. The number of aliphatic hydroxyl groups excluding tert-OH is 2. The first-order valence-electron chi connectivity index (χ1n) is 33.3. The summed E-state index contributed by atoms with van der Waals surface area (Å²) in [6, 6.07) is -20.2. The molecule has 100 heavy (non-hydrogen) atoms. The Labute approximate surface area is 577 Å². The number of aliphatic hydroxyl groups is 2. The van der Waals surface area contributed by atoms with Crippen LogP contribution in [-0.2, 0) is 81.5 Å². The minimum atomic E-state index is -2.05. The van der Waals surface area contributed by atoms with Gasteiger partial charge in [-0.3, -0.25) is 76.7 Å². The number of hydrogen-bond acceptors (Lipinski definition) is 22. The third-order valence-electron chi connectivity index (χ3n) is 16.8. The molecule has 2 saturated heterocycles. The number of likely N-dealkylation sites (tertiary alicyclic amines) is 2. The standard InChI is InChI=1S/C61H102N16O23/c1-6-31(4)48(75-54(92)39(27-46(85)86)72-53(91)36(18-21-44(81)82)67-55(93)40(29-79)73-50(88)33(64)28-78)58(96)69-34(13-7-9-23-62)52(90)70-37(19-22-45(83)84)59(97)76-25-11-16-42(76)57(95)74-47(30(2)3)60(98)77-26-12-15-41(77)56(94)68-35(17-20-43(65)80)51(89)66-32(5)49(87)71-38(61(99)100)14-8-10-24-63/h30-42,47-48,78-79H,6-29,62-64H2,1-5H3,(H2,65,80)(H,66,89)(H,67,93)(H,68,94)(H,69,96)(H,70,90)(H,71,87)(H,72,91)(H,73,88)(H,74,95)(H,75,92)(H,81,82)(H,83,84)(H,85,86)(H,99,100)/t31-,32-,33-,34-,35-,36-,37-,38-,39-,40-,41-,42-,47-,48-/m0/s1. The summed E-state index contributed by atoms with van der Waals surface area (Å²) in [4.78, 5) is 228. The van der Waals surface area contributed by atoms with E-state index in [9.17, 15) is 112 Å². The third kappa shape index (κ3) is 28.9. The first-order valence-corrected chi connectivity index (χ1v) is 33.3. The molecular weight excluding hydrogens is 1320 g/mol. The number of nitrogens with zero attached hydrogens (tertiary/aromatic N) is 2. The smallest absolute Gasteiger partial charge is 0.326 e. The van der Waals surface area contributed by atoms with Gasteiger partial charge in [0.15, 0.2) is 0 Å². The fourth-order valence-corrected chi connectivity index (χ4v) is 10.8. The minimum Gasteiger partial charge on any atom is -0.481 e. The topological polar surface area (TPSA) is 642 Å². The molecule has 2 fully saturated rings. The summed E-state index contributed by atoms with van der Waals surface area (Å²) in [6.45, 7) is 5.91. The minimum absolute atomic E-state index is 0.00140. The number of nitrogens with two attached hydrogens (primary N) is 4. The number of nitrogens with one attached hydrogen (secondary N) is 10. The predicted molar refractivity (Wildman–Crippen MR) is 349 cm³/mol. The molecule has 39 heteroatoms. The first-order chi connectivity index (χ1) is 47.1. The van der Waals surface area contributed by atoms with Gasteiger partial charge in [0.05, 0.1) is 19.6 Å². The second-order valence-corrected chi connectivity index (χ2v) is 25.0. The largest absolute Gasteiger partial charge is 0.481 e. The molecule has 2 rings (SSSR count). The van der Waals surface area contributed by atoms with E-state index in [4.69, 9.17) is 22.9 Å². The first kappa shape index (κ1) is 86.9. The van der Waals surface area contributed by atoms with E-state index in [2.05, 4.69) is 47.9 Å². The fraction of sp³-hybridized carbons (Fsp3) is 0.721. The van der Waals surface area contributed by atoms with Crippen LogP contribution < -0.4 is 76.1 Å². The molecular formula is C61H102N16O23. The van der Waals surface area contributed by atoms with E-state index in [1.165, 1.54) is 18.7 Å². The lowest BCUT2D eigenvalue weighted by atomic mass is 9.96. The molecule has 0 unspecified atom stereocenters. The van der Waals surface area contributed by atoms with Crippen LogP contribution in [0, 0.1) is 11.8 Å². The molecule has 13 amide bonds. The molecule has 0 aromatic heterocycles. The Kier molecular flexibility index (Phi) is 38.3. The van der Waals surface area contributed by atoms with Crippen LogP contribution in [0.2, 0.25) is 0 Å². The summed E-state index contributed by atoms with van der Waals surface area (Å²) in [5.74, 6) is -20.4. The van der Waals surface area contributed by atoms with Gasteiger partial charge in [-0.1, -0.05) is 34.1 Å². The highest BCUT2D eigenvalue weighted by Gasteiger charge is 2.44. The molecule has 0 aromatic carbocycles. The highest BCUT2D eigenvalue weighted by atomic mass is 16.4. The Hall–Kier alpha value is -9.21. The maximum absolute atomic E-state index is 14.7. The summed E-state index contributed by atoms with van der Waals surface area (Å²) in [7, 11) is 0. The monoisotopic (exact) mass is 1430 g/mol. The van der Waals surface area contributed by atoms with E-state index < -0.39 is 243 Å². The molecule has 14 atom stereocenters. The van der Waals surface area contributed by atoms with Crippen LogP contribution >= 0.6 is 0 Å². The van der Waals surface area contributed by atoms with E-state index >= 15 is 0 Å². The zero-order valence-electron chi connectivity index (χ0n) is 57.0. The number of primary amides is 1. The number of unbranched alkanes of at least 4 members (excludes halogenated alkanes) is 2. The van der Waals surface area contributed by atoms with Crippen LogP contribution in [0.5, 0.6) is 0 Å². The van der Waals surface area contributed by atoms with Crippen LogP contribution in [0.4, 0.5) is 0 Å².